The smallest absolute Gasteiger partial charge is 0.0960 e. The van der Waals surface area contributed by atoms with Crippen molar-refractivity contribution in [2.24, 2.45) is 5.73 Å². The van der Waals surface area contributed by atoms with E-state index in [0.29, 0.717) is 6.10 Å². The van der Waals surface area contributed by atoms with Gasteiger partial charge in [0.1, 0.15) is 0 Å². The molecule has 3 unspecified atom stereocenters. The van der Waals surface area contributed by atoms with Crippen LogP contribution in [0.25, 0.3) is 0 Å². The monoisotopic (exact) mass is 245 g/mol. The maximum atomic E-state index is 6.17. The molecule has 0 bridgehead atoms. The molecule has 0 amide bonds. The molecule has 4 heteroatoms. The fourth-order valence-electron chi connectivity index (χ4n) is 1.93. The Labute approximate surface area is 99.4 Å². The van der Waals surface area contributed by atoms with Gasteiger partial charge in [0.25, 0.3) is 0 Å². The highest BCUT2D eigenvalue weighted by Crippen LogP contribution is 2.35. The third-order valence-electron chi connectivity index (χ3n) is 2.87. The second kappa shape index (κ2) is 4.42. The van der Waals surface area contributed by atoms with Crippen molar-refractivity contribution in [2.45, 2.75) is 44.9 Å². The normalized spacial score (nSPS) is 28.3. The summed E-state index contributed by atoms with van der Waals surface area (Å²) in [5.41, 5.74) is 7.28. The highest BCUT2D eigenvalue weighted by Gasteiger charge is 2.29. The van der Waals surface area contributed by atoms with E-state index in [4.69, 9.17) is 22.1 Å². The van der Waals surface area contributed by atoms with Gasteiger partial charge in [-0.3, -0.25) is 0 Å². The van der Waals surface area contributed by atoms with Crippen LogP contribution in [0.1, 0.15) is 36.2 Å². The van der Waals surface area contributed by atoms with Crippen LogP contribution in [-0.2, 0) is 4.74 Å². The van der Waals surface area contributed by atoms with E-state index >= 15 is 0 Å². The fraction of sp³-hybridized carbons (Fsp3) is 0.636. The Morgan fingerprint density at radius 1 is 1.60 bits per heavy atom. The number of rotatable bonds is 2. The molecular formula is C11H16ClNOS. The Morgan fingerprint density at radius 2 is 2.33 bits per heavy atom. The molecule has 0 saturated carbocycles. The number of hydrogen-bond acceptors (Lipinski definition) is 3. The van der Waals surface area contributed by atoms with Crippen LogP contribution in [0, 0.1) is 6.92 Å². The zero-order valence-electron chi connectivity index (χ0n) is 9.00. The fourth-order valence-corrected chi connectivity index (χ4v) is 3.20. The van der Waals surface area contributed by atoms with Crippen LogP contribution in [0.3, 0.4) is 0 Å². The molecule has 1 aliphatic rings. The van der Waals surface area contributed by atoms with E-state index in [1.807, 2.05) is 6.92 Å². The van der Waals surface area contributed by atoms with Gasteiger partial charge in [0.05, 0.1) is 22.6 Å². The predicted molar refractivity (Wildman–Crippen MR) is 64.6 cm³/mol. The summed E-state index contributed by atoms with van der Waals surface area (Å²) in [6, 6.07) is 2.05. The van der Waals surface area contributed by atoms with Gasteiger partial charge in [0, 0.05) is 4.88 Å². The van der Waals surface area contributed by atoms with Gasteiger partial charge < -0.3 is 10.5 Å². The van der Waals surface area contributed by atoms with Gasteiger partial charge in [-0.15, -0.1) is 11.3 Å². The molecule has 2 heterocycles. The van der Waals surface area contributed by atoms with E-state index in [1.54, 1.807) is 11.3 Å². The quantitative estimate of drug-likeness (QED) is 0.868. The van der Waals surface area contributed by atoms with Crippen LogP contribution in [0.2, 0.25) is 4.34 Å². The van der Waals surface area contributed by atoms with Crippen LogP contribution in [-0.4, -0.2) is 12.2 Å². The first kappa shape index (κ1) is 11.4. The standard InChI is InChI=1S/C11H16ClNOS/c1-6-5-9(15-11(6)12)10(13)8-4-3-7(2)14-8/h5,7-8,10H,3-4,13H2,1-2H3. The summed E-state index contributed by atoms with van der Waals surface area (Å²) in [7, 11) is 0. The molecule has 2 nitrogen and oxygen atoms in total. The average Bonchev–Trinajstić information content (AvgIpc) is 2.74. The molecule has 1 saturated heterocycles. The zero-order valence-corrected chi connectivity index (χ0v) is 10.6. The summed E-state index contributed by atoms with van der Waals surface area (Å²) in [5, 5.41) is 0. The Bertz CT molecular complexity index is 333. The zero-order chi connectivity index (χ0) is 11.0. The molecule has 1 fully saturated rings. The first-order valence-electron chi connectivity index (χ1n) is 5.25. The van der Waals surface area contributed by atoms with E-state index in [-0.39, 0.29) is 12.1 Å². The number of halogens is 1. The van der Waals surface area contributed by atoms with Crippen LogP contribution >= 0.6 is 22.9 Å². The van der Waals surface area contributed by atoms with Crippen LogP contribution in [0.15, 0.2) is 6.07 Å². The summed E-state index contributed by atoms with van der Waals surface area (Å²) >= 11 is 7.60. The number of nitrogens with two attached hydrogens (primary N) is 1. The van der Waals surface area contributed by atoms with Gasteiger partial charge in [-0.1, -0.05) is 11.6 Å². The van der Waals surface area contributed by atoms with E-state index in [1.165, 1.54) is 0 Å². The number of thiophene rings is 1. The molecular weight excluding hydrogens is 230 g/mol. The van der Waals surface area contributed by atoms with Crippen molar-refractivity contribution in [3.63, 3.8) is 0 Å². The molecule has 84 valence electrons. The average molecular weight is 246 g/mol. The Hall–Kier alpha value is -0.0900. The van der Waals surface area contributed by atoms with Gasteiger partial charge in [-0.05, 0) is 38.3 Å². The third kappa shape index (κ3) is 2.36. The van der Waals surface area contributed by atoms with Crippen molar-refractivity contribution < 1.29 is 4.74 Å². The van der Waals surface area contributed by atoms with Gasteiger partial charge in [-0.2, -0.15) is 0 Å². The molecule has 15 heavy (non-hydrogen) atoms. The van der Waals surface area contributed by atoms with E-state index in [2.05, 4.69) is 13.0 Å². The molecule has 0 aromatic carbocycles. The van der Waals surface area contributed by atoms with Crippen molar-refractivity contribution in [1.29, 1.82) is 0 Å². The predicted octanol–water partition coefficient (Wildman–Crippen LogP) is 3.28. The summed E-state index contributed by atoms with van der Waals surface area (Å²) in [6.45, 7) is 4.10. The molecule has 2 N–H and O–H groups in total. The van der Waals surface area contributed by atoms with Crippen molar-refractivity contribution in [3.05, 3.63) is 20.8 Å². The van der Waals surface area contributed by atoms with Crippen molar-refractivity contribution in [1.82, 2.24) is 0 Å². The van der Waals surface area contributed by atoms with Crippen LogP contribution in [0.4, 0.5) is 0 Å². The second-order valence-corrected chi connectivity index (χ2v) is 5.88. The molecule has 1 aromatic rings. The minimum atomic E-state index is -0.0221. The highest BCUT2D eigenvalue weighted by atomic mass is 35.5. The largest absolute Gasteiger partial charge is 0.373 e. The first-order valence-corrected chi connectivity index (χ1v) is 6.44. The van der Waals surface area contributed by atoms with Crippen LogP contribution in [0.5, 0.6) is 0 Å². The lowest BCUT2D eigenvalue weighted by Crippen LogP contribution is -2.25. The lowest BCUT2D eigenvalue weighted by atomic mass is 10.1. The molecule has 2 rings (SSSR count). The summed E-state index contributed by atoms with van der Waals surface area (Å²) < 4.78 is 6.60. The van der Waals surface area contributed by atoms with E-state index in [0.717, 1.165) is 27.6 Å². The van der Waals surface area contributed by atoms with Crippen molar-refractivity contribution in [3.8, 4) is 0 Å². The summed E-state index contributed by atoms with van der Waals surface area (Å²) in [5.74, 6) is 0. The number of ether oxygens (including phenoxy) is 1. The SMILES string of the molecule is Cc1cc(C(N)C2CCC(C)O2)sc1Cl. The highest BCUT2D eigenvalue weighted by molar-refractivity contribution is 7.16. The molecule has 0 spiro atoms. The molecule has 0 aliphatic carbocycles. The summed E-state index contributed by atoms with van der Waals surface area (Å²) in [4.78, 5) is 1.14. The topological polar surface area (TPSA) is 35.2 Å². The third-order valence-corrected chi connectivity index (χ3v) is 4.53. The van der Waals surface area contributed by atoms with Gasteiger partial charge in [0.2, 0.25) is 0 Å². The summed E-state index contributed by atoms with van der Waals surface area (Å²) in [6.07, 6.45) is 2.67. The van der Waals surface area contributed by atoms with E-state index < -0.39 is 0 Å². The van der Waals surface area contributed by atoms with Gasteiger partial charge in [0.15, 0.2) is 0 Å². The number of hydrogen-bond donors (Lipinski definition) is 1. The van der Waals surface area contributed by atoms with Gasteiger partial charge in [-0.25, -0.2) is 0 Å². The molecule has 3 atom stereocenters. The van der Waals surface area contributed by atoms with Crippen LogP contribution < -0.4 is 5.73 Å². The minimum Gasteiger partial charge on any atom is -0.373 e. The molecule has 0 radical (unpaired) electrons. The van der Waals surface area contributed by atoms with E-state index in [9.17, 15) is 0 Å². The maximum Gasteiger partial charge on any atom is 0.0960 e. The Morgan fingerprint density at radius 3 is 2.80 bits per heavy atom. The second-order valence-electron chi connectivity index (χ2n) is 4.19. The maximum absolute atomic E-state index is 6.17. The molecule has 1 aromatic heterocycles. The first-order chi connectivity index (χ1) is 7.08. The Kier molecular flexibility index (Phi) is 3.36. The van der Waals surface area contributed by atoms with Gasteiger partial charge >= 0.3 is 0 Å². The Balaban J connectivity index is 2.10. The lowest BCUT2D eigenvalue weighted by Gasteiger charge is -2.17. The lowest BCUT2D eigenvalue weighted by molar-refractivity contribution is 0.0408. The van der Waals surface area contributed by atoms with Crippen molar-refractivity contribution >= 4 is 22.9 Å². The minimum absolute atomic E-state index is 0.0221. The van der Waals surface area contributed by atoms with Crippen molar-refractivity contribution in [2.75, 3.05) is 0 Å². The molecule has 1 aliphatic heterocycles. The number of aryl methyl sites for hydroxylation is 1.